The summed E-state index contributed by atoms with van der Waals surface area (Å²) in [5, 5.41) is 14.3. The zero-order chi connectivity index (χ0) is 26.9. The molecular formula is C27H20ClF3N6O. The number of hydrogen-bond donors (Lipinski definition) is 2. The van der Waals surface area contributed by atoms with E-state index >= 15 is 0 Å². The first-order valence-electron chi connectivity index (χ1n) is 11.6. The molecule has 0 aliphatic heterocycles. The second kappa shape index (κ2) is 10.2. The molecule has 0 saturated heterocycles. The van der Waals surface area contributed by atoms with Gasteiger partial charge in [0, 0.05) is 34.7 Å². The van der Waals surface area contributed by atoms with E-state index in [1.165, 1.54) is 35.2 Å². The lowest BCUT2D eigenvalue weighted by molar-refractivity contribution is -0.137. The van der Waals surface area contributed by atoms with Crippen molar-refractivity contribution >= 4 is 29.0 Å². The van der Waals surface area contributed by atoms with Crippen molar-refractivity contribution < 1.29 is 18.0 Å². The predicted molar refractivity (Wildman–Crippen MR) is 137 cm³/mol. The highest BCUT2D eigenvalue weighted by molar-refractivity contribution is 6.32. The topological polar surface area (TPSA) is 84.7 Å². The summed E-state index contributed by atoms with van der Waals surface area (Å²) >= 11 is 6.26. The van der Waals surface area contributed by atoms with Crippen LogP contribution in [0.25, 0.3) is 5.69 Å². The van der Waals surface area contributed by atoms with Gasteiger partial charge in [0.1, 0.15) is 11.5 Å². The van der Waals surface area contributed by atoms with Crippen molar-refractivity contribution in [3.05, 3.63) is 94.2 Å². The maximum atomic E-state index is 13.6. The van der Waals surface area contributed by atoms with Crippen LogP contribution in [0.15, 0.2) is 61.1 Å². The number of amides is 1. The van der Waals surface area contributed by atoms with Gasteiger partial charge in [-0.2, -0.15) is 13.2 Å². The van der Waals surface area contributed by atoms with Crippen molar-refractivity contribution in [2.75, 3.05) is 10.6 Å². The second-order valence-corrected chi connectivity index (χ2v) is 9.22. The number of hydrogen-bond acceptors (Lipinski definition) is 5. The number of aryl methyl sites for hydroxylation is 1. The fourth-order valence-electron chi connectivity index (χ4n) is 3.57. The number of rotatable bonds is 5. The zero-order valence-corrected chi connectivity index (χ0v) is 20.7. The summed E-state index contributed by atoms with van der Waals surface area (Å²) in [4.78, 5) is 17.0. The minimum absolute atomic E-state index is 0.0241. The van der Waals surface area contributed by atoms with Gasteiger partial charge >= 0.3 is 6.18 Å². The summed E-state index contributed by atoms with van der Waals surface area (Å²) in [5.41, 5.74) is 0.870. The third-order valence-corrected chi connectivity index (χ3v) is 5.99. The Balaban J connectivity index is 1.37. The van der Waals surface area contributed by atoms with Crippen LogP contribution in [0.2, 0.25) is 5.02 Å². The van der Waals surface area contributed by atoms with Gasteiger partial charge in [-0.3, -0.25) is 4.79 Å². The smallest absolute Gasteiger partial charge is 0.366 e. The number of carbonyl (C=O) groups is 1. The average molecular weight is 537 g/mol. The summed E-state index contributed by atoms with van der Waals surface area (Å²) in [5.74, 6) is 5.80. The number of nitrogens with zero attached hydrogens (tertiary/aromatic N) is 4. The molecule has 0 radical (unpaired) electrons. The van der Waals surface area contributed by atoms with E-state index in [0.717, 1.165) is 25.0 Å². The lowest BCUT2D eigenvalue weighted by Crippen LogP contribution is -2.14. The molecule has 5 rings (SSSR count). The first-order valence-corrected chi connectivity index (χ1v) is 12.0. The minimum atomic E-state index is -4.61. The fourth-order valence-corrected chi connectivity index (χ4v) is 3.73. The van der Waals surface area contributed by atoms with E-state index < -0.39 is 17.6 Å². The molecule has 2 heterocycles. The van der Waals surface area contributed by atoms with Crippen LogP contribution < -0.4 is 10.6 Å². The van der Waals surface area contributed by atoms with Crippen LogP contribution in [0.3, 0.4) is 0 Å². The van der Waals surface area contributed by atoms with Crippen molar-refractivity contribution in [2.45, 2.75) is 32.0 Å². The van der Waals surface area contributed by atoms with E-state index in [2.05, 4.69) is 37.7 Å². The summed E-state index contributed by atoms with van der Waals surface area (Å²) < 4.78 is 42.1. The monoisotopic (exact) mass is 536 g/mol. The van der Waals surface area contributed by atoms with E-state index in [9.17, 15) is 18.0 Å². The predicted octanol–water partition coefficient (Wildman–Crippen LogP) is 5.87. The number of aromatic nitrogens is 4. The summed E-state index contributed by atoms with van der Waals surface area (Å²) in [6, 6.07) is 11.7. The third-order valence-electron chi connectivity index (χ3n) is 5.66. The van der Waals surface area contributed by atoms with Crippen LogP contribution in [0.4, 0.5) is 24.7 Å². The van der Waals surface area contributed by atoms with Crippen molar-refractivity contribution in [2.24, 2.45) is 0 Å². The summed E-state index contributed by atoms with van der Waals surface area (Å²) in [7, 11) is 0. The van der Waals surface area contributed by atoms with E-state index in [0.29, 0.717) is 33.8 Å². The number of nitrogens with one attached hydrogen (secondary N) is 2. The van der Waals surface area contributed by atoms with Crippen LogP contribution in [0.5, 0.6) is 0 Å². The maximum Gasteiger partial charge on any atom is 0.416 e. The van der Waals surface area contributed by atoms with Gasteiger partial charge in [-0.15, -0.1) is 10.2 Å². The molecule has 38 heavy (non-hydrogen) atoms. The van der Waals surface area contributed by atoms with E-state index in [-0.39, 0.29) is 16.9 Å². The zero-order valence-electron chi connectivity index (χ0n) is 20.0. The molecule has 4 aromatic rings. The Morgan fingerprint density at radius 3 is 2.55 bits per heavy atom. The van der Waals surface area contributed by atoms with Gasteiger partial charge < -0.3 is 15.2 Å². The summed E-state index contributed by atoms with van der Waals surface area (Å²) in [6.07, 6.45) is 0.619. The standard InChI is InChI=1S/C27H20ClF3N6O/c1-16-14-37(15-32-16)23-12-19(27(29,30)31)11-22(13-23)34-26(38)18-3-8-24(28)17(10-18)2-4-21-7-9-25(36-35-21)33-20-5-6-20/h3,7-15,20H,5-6H2,1H3,(H,33,36)(H,34,38). The highest BCUT2D eigenvalue weighted by Crippen LogP contribution is 2.33. The highest BCUT2D eigenvalue weighted by Gasteiger charge is 2.31. The van der Waals surface area contributed by atoms with E-state index in [4.69, 9.17) is 11.6 Å². The van der Waals surface area contributed by atoms with Gasteiger partial charge in [-0.25, -0.2) is 4.98 Å². The third kappa shape index (κ3) is 6.12. The molecule has 1 saturated carbocycles. The molecule has 192 valence electrons. The lowest BCUT2D eigenvalue weighted by Gasteiger charge is -2.14. The Bertz CT molecular complexity index is 1570. The molecular weight excluding hydrogens is 517 g/mol. The maximum absolute atomic E-state index is 13.6. The van der Waals surface area contributed by atoms with Crippen molar-refractivity contribution in [1.29, 1.82) is 0 Å². The quantitative estimate of drug-likeness (QED) is 0.312. The molecule has 0 atom stereocenters. The van der Waals surface area contributed by atoms with E-state index in [1.54, 1.807) is 25.3 Å². The Morgan fingerprint density at radius 2 is 1.89 bits per heavy atom. The van der Waals surface area contributed by atoms with Gasteiger partial charge in [0.05, 0.1) is 22.6 Å². The molecule has 0 spiro atoms. The van der Waals surface area contributed by atoms with Crippen molar-refractivity contribution in [1.82, 2.24) is 19.7 Å². The number of anilines is 2. The molecule has 11 heteroatoms. The molecule has 1 amide bonds. The molecule has 2 aromatic heterocycles. The van der Waals surface area contributed by atoms with Crippen molar-refractivity contribution in [3.8, 4) is 17.5 Å². The van der Waals surface area contributed by atoms with Gasteiger partial charge in [-0.1, -0.05) is 17.5 Å². The normalized spacial score (nSPS) is 13.0. The molecule has 1 aliphatic rings. The number of benzene rings is 2. The Labute approximate surface area is 221 Å². The average Bonchev–Trinajstić information content (AvgIpc) is 3.59. The SMILES string of the molecule is Cc1cn(-c2cc(NC(=O)c3ccc(Cl)c(C#Cc4ccc(NC5CC5)nn4)c3)cc(C(F)(F)F)c2)cn1. The Morgan fingerprint density at radius 1 is 1.08 bits per heavy atom. The molecule has 0 bridgehead atoms. The lowest BCUT2D eigenvalue weighted by atomic mass is 10.1. The van der Waals surface area contributed by atoms with Crippen molar-refractivity contribution in [3.63, 3.8) is 0 Å². The minimum Gasteiger partial charge on any atom is -0.366 e. The Hall–Kier alpha value is -4.36. The number of alkyl halides is 3. The molecule has 2 N–H and O–H groups in total. The molecule has 2 aromatic carbocycles. The van der Waals surface area contributed by atoms with Crippen LogP contribution in [-0.2, 0) is 6.18 Å². The molecule has 1 aliphatic carbocycles. The molecule has 0 unspecified atom stereocenters. The van der Waals surface area contributed by atoms with Crippen LogP contribution >= 0.6 is 11.6 Å². The number of carbonyl (C=O) groups excluding carboxylic acids is 1. The molecule has 1 fully saturated rings. The van der Waals surface area contributed by atoms with Crippen LogP contribution in [0, 0.1) is 18.8 Å². The largest absolute Gasteiger partial charge is 0.416 e. The van der Waals surface area contributed by atoms with Crippen LogP contribution in [0.1, 0.15) is 45.7 Å². The second-order valence-electron chi connectivity index (χ2n) is 8.81. The van der Waals surface area contributed by atoms with Crippen LogP contribution in [-0.4, -0.2) is 31.7 Å². The number of imidazole rings is 1. The van der Waals surface area contributed by atoms with Gasteiger partial charge in [0.25, 0.3) is 5.91 Å². The number of halogens is 4. The van der Waals surface area contributed by atoms with Gasteiger partial charge in [0.15, 0.2) is 0 Å². The van der Waals surface area contributed by atoms with Gasteiger partial charge in [-0.05, 0) is 74.2 Å². The first-order chi connectivity index (χ1) is 18.1. The van der Waals surface area contributed by atoms with E-state index in [1.807, 2.05) is 0 Å². The van der Waals surface area contributed by atoms with Gasteiger partial charge in [0.2, 0.25) is 0 Å². The molecule has 7 nitrogen and oxygen atoms in total. The summed E-state index contributed by atoms with van der Waals surface area (Å²) in [6.45, 7) is 1.72. The highest BCUT2D eigenvalue weighted by atomic mass is 35.5. The Kier molecular flexibility index (Phi) is 6.78. The fraction of sp³-hybridized carbons (Fsp3) is 0.185. The first kappa shape index (κ1) is 25.3.